The van der Waals surface area contributed by atoms with Crippen LogP contribution in [0, 0.1) is 0 Å². The Balaban J connectivity index is 1.50. The van der Waals surface area contributed by atoms with Gasteiger partial charge in [0.15, 0.2) is 5.16 Å². The number of carbonyl (C=O) groups is 1. The molecule has 23 heavy (non-hydrogen) atoms. The minimum Gasteiger partial charge on any atom is -0.467 e. The smallest absolute Gasteiger partial charge is 0.230 e. The first kappa shape index (κ1) is 15.9. The van der Waals surface area contributed by atoms with Gasteiger partial charge >= 0.3 is 0 Å². The van der Waals surface area contributed by atoms with E-state index < -0.39 is 0 Å². The minimum absolute atomic E-state index is 0.0620. The molecule has 1 amide bonds. The number of aromatic nitrogens is 2. The number of aromatic amines is 1. The van der Waals surface area contributed by atoms with Crippen molar-refractivity contribution >= 4 is 33.6 Å². The van der Waals surface area contributed by atoms with E-state index in [0.717, 1.165) is 26.6 Å². The average Bonchev–Trinajstić information content (AvgIpc) is 3.23. The van der Waals surface area contributed by atoms with Crippen molar-refractivity contribution in [1.82, 2.24) is 15.3 Å². The van der Waals surface area contributed by atoms with Crippen molar-refractivity contribution in [2.24, 2.45) is 0 Å². The lowest BCUT2D eigenvalue weighted by molar-refractivity contribution is -0.118. The van der Waals surface area contributed by atoms with Crippen molar-refractivity contribution in [3.63, 3.8) is 0 Å². The fraction of sp³-hybridized carbons (Fsp3) is 0.125. The number of rotatable bonds is 6. The van der Waals surface area contributed by atoms with Crippen molar-refractivity contribution < 1.29 is 9.21 Å². The summed E-state index contributed by atoms with van der Waals surface area (Å²) in [6.07, 6.45) is 3.36. The number of hydrogen-bond acceptors (Lipinski definition) is 4. The lowest BCUT2D eigenvalue weighted by Crippen LogP contribution is -2.24. The van der Waals surface area contributed by atoms with Crippen molar-refractivity contribution in [2.75, 3.05) is 5.75 Å². The molecule has 7 heteroatoms. The maximum Gasteiger partial charge on any atom is 0.230 e. The van der Waals surface area contributed by atoms with Gasteiger partial charge in [0.2, 0.25) is 5.91 Å². The Hall–Kier alpha value is -1.99. The van der Waals surface area contributed by atoms with Gasteiger partial charge in [0.1, 0.15) is 5.76 Å². The van der Waals surface area contributed by atoms with Crippen LogP contribution < -0.4 is 5.32 Å². The third-order valence-electron chi connectivity index (χ3n) is 3.09. The molecule has 2 heterocycles. The molecule has 0 radical (unpaired) electrons. The molecule has 1 aromatic carbocycles. The van der Waals surface area contributed by atoms with Crippen LogP contribution in [0.4, 0.5) is 0 Å². The molecule has 5 nitrogen and oxygen atoms in total. The first-order chi connectivity index (χ1) is 11.2. The van der Waals surface area contributed by atoms with E-state index in [-0.39, 0.29) is 5.91 Å². The summed E-state index contributed by atoms with van der Waals surface area (Å²) in [7, 11) is 0. The van der Waals surface area contributed by atoms with Gasteiger partial charge in [-0.1, -0.05) is 39.8 Å². The van der Waals surface area contributed by atoms with Crippen LogP contribution in [0.2, 0.25) is 0 Å². The summed E-state index contributed by atoms with van der Waals surface area (Å²) in [5.74, 6) is 0.973. The van der Waals surface area contributed by atoms with Gasteiger partial charge in [-0.15, -0.1) is 0 Å². The molecule has 0 spiro atoms. The van der Waals surface area contributed by atoms with E-state index in [1.54, 1.807) is 18.5 Å². The van der Waals surface area contributed by atoms with E-state index in [2.05, 4.69) is 31.2 Å². The molecule has 0 aliphatic rings. The van der Waals surface area contributed by atoms with Gasteiger partial charge in [-0.25, -0.2) is 4.98 Å². The summed E-state index contributed by atoms with van der Waals surface area (Å²) in [5, 5.41) is 3.52. The number of thioether (sulfide) groups is 1. The molecule has 0 atom stereocenters. The standard InChI is InChI=1S/C16H14BrN3O2S/c17-12-5-3-11(4-6-12)14-9-19-16(20-14)23-10-15(21)18-8-13-2-1-7-22-13/h1-7,9H,8,10H2,(H,18,21)(H,19,20). The first-order valence-electron chi connectivity index (χ1n) is 6.93. The van der Waals surface area contributed by atoms with E-state index >= 15 is 0 Å². The van der Waals surface area contributed by atoms with Crippen LogP contribution >= 0.6 is 27.7 Å². The molecule has 0 aliphatic heterocycles. The summed E-state index contributed by atoms with van der Waals surface area (Å²) < 4.78 is 6.20. The van der Waals surface area contributed by atoms with Crippen LogP contribution in [0.1, 0.15) is 5.76 Å². The maximum atomic E-state index is 11.8. The summed E-state index contributed by atoms with van der Waals surface area (Å²) >= 11 is 4.78. The van der Waals surface area contributed by atoms with Crippen LogP contribution in [0.5, 0.6) is 0 Å². The minimum atomic E-state index is -0.0620. The zero-order valence-electron chi connectivity index (χ0n) is 12.1. The second-order valence-corrected chi connectivity index (χ2v) is 6.63. The Labute approximate surface area is 146 Å². The molecule has 0 saturated carbocycles. The molecule has 3 aromatic rings. The van der Waals surface area contributed by atoms with Crippen LogP contribution in [0.3, 0.4) is 0 Å². The number of halogens is 1. The topological polar surface area (TPSA) is 70.9 Å². The lowest BCUT2D eigenvalue weighted by atomic mass is 10.2. The Bertz CT molecular complexity index is 769. The van der Waals surface area contributed by atoms with E-state index in [0.29, 0.717) is 12.3 Å². The number of benzene rings is 1. The van der Waals surface area contributed by atoms with Crippen molar-refractivity contribution in [3.05, 3.63) is 59.1 Å². The Morgan fingerprint density at radius 3 is 2.87 bits per heavy atom. The van der Waals surface area contributed by atoms with E-state index in [1.165, 1.54) is 11.8 Å². The number of hydrogen-bond donors (Lipinski definition) is 2. The molecule has 2 N–H and O–H groups in total. The predicted octanol–water partition coefficient (Wildman–Crippen LogP) is 3.84. The highest BCUT2D eigenvalue weighted by Gasteiger charge is 2.07. The van der Waals surface area contributed by atoms with Crippen molar-refractivity contribution in [2.45, 2.75) is 11.7 Å². The third-order valence-corrected chi connectivity index (χ3v) is 4.50. The second-order valence-electron chi connectivity index (χ2n) is 4.75. The molecule has 3 rings (SSSR count). The molecule has 0 fully saturated rings. The van der Waals surface area contributed by atoms with Gasteiger partial charge in [0.25, 0.3) is 0 Å². The SMILES string of the molecule is O=C(CSc1ncc(-c2ccc(Br)cc2)[nH]1)NCc1ccco1. The van der Waals surface area contributed by atoms with Crippen molar-refractivity contribution in [3.8, 4) is 11.3 Å². The average molecular weight is 392 g/mol. The largest absolute Gasteiger partial charge is 0.467 e. The predicted molar refractivity (Wildman–Crippen MR) is 93.0 cm³/mol. The van der Waals surface area contributed by atoms with E-state index in [1.807, 2.05) is 30.3 Å². The van der Waals surface area contributed by atoms with Crippen molar-refractivity contribution in [1.29, 1.82) is 0 Å². The number of furan rings is 1. The first-order valence-corrected chi connectivity index (χ1v) is 8.71. The summed E-state index contributed by atoms with van der Waals surface area (Å²) in [5.41, 5.74) is 1.98. The van der Waals surface area contributed by atoms with Gasteiger partial charge in [-0.05, 0) is 29.8 Å². The van der Waals surface area contributed by atoms with Crippen LogP contribution in [0.25, 0.3) is 11.3 Å². The van der Waals surface area contributed by atoms with Gasteiger partial charge < -0.3 is 14.7 Å². The molecular weight excluding hydrogens is 378 g/mol. The summed E-state index contributed by atoms with van der Waals surface area (Å²) in [4.78, 5) is 19.3. The van der Waals surface area contributed by atoms with Crippen LogP contribution in [0.15, 0.2) is 62.9 Å². The zero-order valence-corrected chi connectivity index (χ0v) is 14.5. The number of nitrogens with one attached hydrogen (secondary N) is 2. The Kier molecular flexibility index (Phi) is 5.19. The summed E-state index contributed by atoms with van der Waals surface area (Å²) in [6.45, 7) is 0.398. The molecule has 0 saturated heterocycles. The molecule has 0 aliphatic carbocycles. The number of nitrogens with zero attached hydrogens (tertiary/aromatic N) is 1. The Morgan fingerprint density at radius 2 is 2.13 bits per heavy atom. The van der Waals surface area contributed by atoms with E-state index in [9.17, 15) is 4.79 Å². The number of imidazole rings is 1. The number of carbonyl (C=O) groups excluding carboxylic acids is 1. The highest BCUT2D eigenvalue weighted by molar-refractivity contribution is 9.10. The lowest BCUT2D eigenvalue weighted by Gasteiger charge is -2.02. The van der Waals surface area contributed by atoms with Gasteiger partial charge in [-0.3, -0.25) is 4.79 Å². The van der Waals surface area contributed by atoms with Crippen LogP contribution in [-0.2, 0) is 11.3 Å². The molecule has 0 unspecified atom stereocenters. The van der Waals surface area contributed by atoms with Gasteiger partial charge in [-0.2, -0.15) is 0 Å². The zero-order chi connectivity index (χ0) is 16.1. The van der Waals surface area contributed by atoms with Gasteiger partial charge in [0, 0.05) is 4.47 Å². The molecular formula is C16H14BrN3O2S. The summed E-state index contributed by atoms with van der Waals surface area (Å²) in [6, 6.07) is 11.6. The highest BCUT2D eigenvalue weighted by Crippen LogP contribution is 2.23. The van der Waals surface area contributed by atoms with Crippen LogP contribution in [-0.4, -0.2) is 21.6 Å². The monoisotopic (exact) mass is 391 g/mol. The fourth-order valence-corrected chi connectivity index (χ4v) is 2.88. The Morgan fingerprint density at radius 1 is 1.30 bits per heavy atom. The maximum absolute atomic E-state index is 11.8. The number of amides is 1. The molecule has 0 bridgehead atoms. The third kappa shape index (κ3) is 4.49. The second kappa shape index (κ2) is 7.52. The molecule has 118 valence electrons. The fourth-order valence-electron chi connectivity index (χ4n) is 1.94. The van der Waals surface area contributed by atoms with E-state index in [4.69, 9.17) is 4.42 Å². The highest BCUT2D eigenvalue weighted by atomic mass is 79.9. The quantitative estimate of drug-likeness (QED) is 0.626. The van der Waals surface area contributed by atoms with Gasteiger partial charge in [0.05, 0.1) is 30.5 Å². The normalized spacial score (nSPS) is 10.7. The molecule has 2 aromatic heterocycles. The number of H-pyrrole nitrogens is 1.